The van der Waals surface area contributed by atoms with Crippen LogP contribution in [-0.4, -0.2) is 30.9 Å². The Kier molecular flexibility index (Phi) is 9.08. The fourth-order valence-electron chi connectivity index (χ4n) is 4.26. The zero-order valence-electron chi connectivity index (χ0n) is 18.8. The molecule has 32 heavy (non-hydrogen) atoms. The van der Waals surface area contributed by atoms with Crippen molar-refractivity contribution in [2.24, 2.45) is 5.92 Å². The van der Waals surface area contributed by atoms with E-state index < -0.39 is 6.04 Å². The molecule has 1 saturated carbocycles. The molecular weight excluding hydrogens is 405 g/mol. The van der Waals surface area contributed by atoms with Crippen LogP contribution >= 0.6 is 0 Å². The first-order valence-electron chi connectivity index (χ1n) is 11.7. The first-order chi connectivity index (χ1) is 15.5. The number of anilines is 1. The summed E-state index contributed by atoms with van der Waals surface area (Å²) in [6, 6.07) is 15.2. The van der Waals surface area contributed by atoms with Crippen LogP contribution < -0.4 is 16.0 Å². The predicted octanol–water partition coefficient (Wildman–Crippen LogP) is 4.61. The highest BCUT2D eigenvalue weighted by Gasteiger charge is 2.27. The van der Waals surface area contributed by atoms with Crippen molar-refractivity contribution >= 4 is 17.5 Å². The van der Waals surface area contributed by atoms with Gasteiger partial charge in [-0.15, -0.1) is 0 Å². The van der Waals surface area contributed by atoms with Gasteiger partial charge in [0.05, 0.1) is 5.92 Å². The van der Waals surface area contributed by atoms with Gasteiger partial charge in [0.1, 0.15) is 11.9 Å². The third kappa shape index (κ3) is 7.36. The number of hydrogen-bond acceptors (Lipinski definition) is 3. The van der Waals surface area contributed by atoms with E-state index in [-0.39, 0.29) is 23.5 Å². The van der Waals surface area contributed by atoms with Crippen molar-refractivity contribution in [3.63, 3.8) is 0 Å². The molecule has 2 atom stereocenters. The lowest BCUT2D eigenvalue weighted by Gasteiger charge is -2.27. The summed E-state index contributed by atoms with van der Waals surface area (Å²) in [5.74, 6) is -0.418. The van der Waals surface area contributed by atoms with Gasteiger partial charge in [-0.25, -0.2) is 4.39 Å². The lowest BCUT2D eigenvalue weighted by Crippen LogP contribution is -2.49. The maximum Gasteiger partial charge on any atom is 0.242 e. The summed E-state index contributed by atoms with van der Waals surface area (Å²) in [4.78, 5) is 25.9. The number of carbonyl (C=O) groups is 2. The molecule has 0 spiro atoms. The normalized spacial score (nSPS) is 16.1. The molecular formula is C26H34FN3O2. The van der Waals surface area contributed by atoms with Crippen molar-refractivity contribution in [1.82, 2.24) is 10.6 Å². The molecule has 0 aliphatic heterocycles. The predicted molar refractivity (Wildman–Crippen MR) is 126 cm³/mol. The van der Waals surface area contributed by atoms with Gasteiger partial charge in [-0.3, -0.25) is 9.59 Å². The molecule has 2 aromatic carbocycles. The Morgan fingerprint density at radius 1 is 0.938 bits per heavy atom. The number of amides is 2. The molecule has 1 aliphatic carbocycles. The van der Waals surface area contributed by atoms with Crippen LogP contribution in [0.15, 0.2) is 54.6 Å². The highest BCUT2D eigenvalue weighted by molar-refractivity contribution is 5.90. The highest BCUT2D eigenvalue weighted by Crippen LogP contribution is 2.27. The van der Waals surface area contributed by atoms with Crippen LogP contribution in [0.2, 0.25) is 0 Å². The maximum atomic E-state index is 13.0. The summed E-state index contributed by atoms with van der Waals surface area (Å²) < 4.78 is 13.0. The third-order valence-electron chi connectivity index (χ3n) is 6.22. The first kappa shape index (κ1) is 23.8. The molecule has 0 aromatic heterocycles. The van der Waals surface area contributed by atoms with Crippen LogP contribution in [0.5, 0.6) is 0 Å². The lowest BCUT2D eigenvalue weighted by molar-refractivity contribution is -0.130. The van der Waals surface area contributed by atoms with Crippen LogP contribution in [0, 0.1) is 11.7 Å². The van der Waals surface area contributed by atoms with Gasteiger partial charge in [0, 0.05) is 18.8 Å². The minimum Gasteiger partial charge on any atom is -0.383 e. The van der Waals surface area contributed by atoms with Crippen molar-refractivity contribution in [1.29, 1.82) is 0 Å². The van der Waals surface area contributed by atoms with Gasteiger partial charge in [0.25, 0.3) is 0 Å². The summed E-state index contributed by atoms with van der Waals surface area (Å²) in [7, 11) is 0. The second-order valence-corrected chi connectivity index (χ2v) is 8.66. The van der Waals surface area contributed by atoms with Gasteiger partial charge in [-0.1, -0.05) is 62.4 Å². The Labute approximate surface area is 190 Å². The maximum absolute atomic E-state index is 13.0. The van der Waals surface area contributed by atoms with Gasteiger partial charge < -0.3 is 16.0 Å². The second-order valence-electron chi connectivity index (χ2n) is 8.66. The average Bonchev–Trinajstić information content (AvgIpc) is 2.83. The Morgan fingerprint density at radius 3 is 2.31 bits per heavy atom. The van der Waals surface area contributed by atoms with Crippen LogP contribution in [-0.2, 0) is 9.59 Å². The van der Waals surface area contributed by atoms with E-state index in [1.165, 1.54) is 31.4 Å². The quantitative estimate of drug-likeness (QED) is 0.474. The summed E-state index contributed by atoms with van der Waals surface area (Å²) >= 11 is 0. The number of benzene rings is 2. The minimum absolute atomic E-state index is 0.128. The standard InChI is InChI=1S/C26H34FN3O2/c1-19(21-10-6-3-7-11-21)25(31)30-24(18-20-8-4-2-5-9-20)26(32)29-17-16-28-23-14-12-22(27)13-15-23/h3,6-7,10-15,19-20,24,28H,2,4-5,8-9,16-18H2,1H3,(H,29,32)(H,30,31)/t19-,24?/m0/s1. The molecule has 3 N–H and O–H groups in total. The van der Waals surface area contributed by atoms with Crippen molar-refractivity contribution in [2.75, 3.05) is 18.4 Å². The largest absolute Gasteiger partial charge is 0.383 e. The summed E-state index contributed by atoms with van der Waals surface area (Å²) in [6.45, 7) is 2.80. The molecule has 0 bridgehead atoms. The number of rotatable bonds is 10. The molecule has 172 valence electrons. The number of carbonyl (C=O) groups excluding carboxylic acids is 2. The first-order valence-corrected chi connectivity index (χ1v) is 11.7. The van der Waals surface area contributed by atoms with Crippen molar-refractivity contribution in [2.45, 2.75) is 57.4 Å². The summed E-state index contributed by atoms with van der Waals surface area (Å²) in [5.41, 5.74) is 1.73. The lowest BCUT2D eigenvalue weighted by atomic mass is 9.84. The molecule has 5 nitrogen and oxygen atoms in total. The van der Waals surface area contributed by atoms with Gasteiger partial charge in [-0.05, 0) is 49.1 Å². The van der Waals surface area contributed by atoms with Crippen LogP contribution in [0.3, 0.4) is 0 Å². The zero-order valence-corrected chi connectivity index (χ0v) is 18.8. The molecule has 0 radical (unpaired) electrons. The van der Waals surface area contributed by atoms with Gasteiger partial charge in [0.15, 0.2) is 0 Å². The molecule has 1 fully saturated rings. The van der Waals surface area contributed by atoms with Gasteiger partial charge in [-0.2, -0.15) is 0 Å². The Morgan fingerprint density at radius 2 is 1.62 bits per heavy atom. The molecule has 1 unspecified atom stereocenters. The third-order valence-corrected chi connectivity index (χ3v) is 6.22. The van der Waals surface area contributed by atoms with E-state index in [1.807, 2.05) is 37.3 Å². The van der Waals surface area contributed by atoms with Crippen LogP contribution in [0.4, 0.5) is 10.1 Å². The van der Waals surface area contributed by atoms with E-state index in [2.05, 4.69) is 16.0 Å². The fourth-order valence-corrected chi connectivity index (χ4v) is 4.26. The number of hydrogen-bond donors (Lipinski definition) is 3. The van der Waals surface area contributed by atoms with E-state index in [0.29, 0.717) is 25.4 Å². The Hall–Kier alpha value is -2.89. The summed E-state index contributed by atoms with van der Waals surface area (Å²) in [6.07, 6.45) is 6.52. The molecule has 6 heteroatoms. The van der Waals surface area contributed by atoms with E-state index in [0.717, 1.165) is 24.1 Å². The fraction of sp³-hybridized carbons (Fsp3) is 0.462. The van der Waals surface area contributed by atoms with Gasteiger partial charge in [0.2, 0.25) is 11.8 Å². The van der Waals surface area contributed by atoms with Crippen LogP contribution in [0.25, 0.3) is 0 Å². The van der Waals surface area contributed by atoms with Crippen molar-refractivity contribution in [3.8, 4) is 0 Å². The minimum atomic E-state index is -0.539. The average molecular weight is 440 g/mol. The Bertz CT molecular complexity index is 851. The van der Waals surface area contributed by atoms with Crippen LogP contribution in [0.1, 0.15) is 56.9 Å². The molecule has 2 aromatic rings. The molecule has 3 rings (SSSR count). The number of nitrogens with one attached hydrogen (secondary N) is 3. The monoisotopic (exact) mass is 439 g/mol. The van der Waals surface area contributed by atoms with Crippen molar-refractivity contribution in [3.05, 3.63) is 66.0 Å². The van der Waals surface area contributed by atoms with E-state index in [9.17, 15) is 14.0 Å². The topological polar surface area (TPSA) is 70.2 Å². The molecule has 0 saturated heterocycles. The zero-order chi connectivity index (χ0) is 22.8. The highest BCUT2D eigenvalue weighted by atomic mass is 19.1. The van der Waals surface area contributed by atoms with E-state index in [4.69, 9.17) is 0 Å². The molecule has 2 amide bonds. The summed E-state index contributed by atoms with van der Waals surface area (Å²) in [5, 5.41) is 9.12. The number of halogens is 1. The van der Waals surface area contributed by atoms with E-state index in [1.54, 1.807) is 12.1 Å². The van der Waals surface area contributed by atoms with E-state index >= 15 is 0 Å². The molecule has 0 heterocycles. The Balaban J connectivity index is 1.54. The van der Waals surface area contributed by atoms with Crippen molar-refractivity contribution < 1.29 is 14.0 Å². The second kappa shape index (κ2) is 12.2. The smallest absolute Gasteiger partial charge is 0.242 e. The SMILES string of the molecule is C[C@H](C(=O)NC(CC1CCCCC1)C(=O)NCCNc1ccc(F)cc1)c1ccccc1. The van der Waals surface area contributed by atoms with Gasteiger partial charge >= 0.3 is 0 Å². The molecule has 1 aliphatic rings.